The molecule has 0 fully saturated rings. The van der Waals surface area contributed by atoms with Gasteiger partial charge in [0.15, 0.2) is 5.13 Å². The summed E-state index contributed by atoms with van der Waals surface area (Å²) in [5, 5.41) is 15.4. The molecule has 3 heterocycles. The Morgan fingerprint density at radius 2 is 1.97 bits per heavy atom. The Morgan fingerprint density at radius 1 is 1.23 bits per heavy atom. The number of thiazole rings is 1. The van der Waals surface area contributed by atoms with Crippen LogP contribution in [0.1, 0.15) is 33.4 Å². The molecule has 0 aliphatic rings. The minimum absolute atomic E-state index is 0.114. The van der Waals surface area contributed by atoms with Crippen molar-refractivity contribution in [1.29, 1.82) is 5.26 Å². The van der Waals surface area contributed by atoms with E-state index in [2.05, 4.69) is 28.3 Å². The lowest BCUT2D eigenvalue weighted by molar-refractivity contribution is 0.103. The average molecular weight is 435 g/mol. The predicted molar refractivity (Wildman–Crippen MR) is 123 cm³/mol. The van der Waals surface area contributed by atoms with Gasteiger partial charge in [-0.15, -0.1) is 22.7 Å². The number of nitrogens with zero attached hydrogens (tertiary/aromatic N) is 3. The second-order valence-corrected chi connectivity index (χ2v) is 8.54. The zero-order chi connectivity index (χ0) is 21.4. The standard InChI is InChI=1S/C21H18N6OS2/c1-3-11-4-6-12(7-5-11)14-13(8-22)18(24)26-20-15(14)16(23)17(30-20)19(28)27-21-25-10(2)9-29-21/h4-7,9H,3,23H2,1-2H3,(H2,24,26)(H,25,27,28). The summed E-state index contributed by atoms with van der Waals surface area (Å²) >= 11 is 2.49. The first-order valence-corrected chi connectivity index (χ1v) is 10.9. The molecule has 0 radical (unpaired) electrons. The van der Waals surface area contributed by atoms with Crippen molar-refractivity contribution >= 4 is 55.4 Å². The number of rotatable bonds is 4. The fourth-order valence-electron chi connectivity index (χ4n) is 3.21. The number of nitrogens with one attached hydrogen (secondary N) is 1. The van der Waals surface area contributed by atoms with E-state index < -0.39 is 0 Å². The largest absolute Gasteiger partial charge is 0.397 e. The van der Waals surface area contributed by atoms with Crippen molar-refractivity contribution in [2.75, 3.05) is 16.8 Å². The van der Waals surface area contributed by atoms with Crippen LogP contribution in [-0.4, -0.2) is 15.9 Å². The van der Waals surface area contributed by atoms with Gasteiger partial charge in [-0.3, -0.25) is 10.1 Å². The molecule has 7 nitrogen and oxygen atoms in total. The maximum atomic E-state index is 12.8. The van der Waals surface area contributed by atoms with E-state index in [1.165, 1.54) is 16.9 Å². The van der Waals surface area contributed by atoms with Gasteiger partial charge in [-0.25, -0.2) is 9.97 Å². The second-order valence-electron chi connectivity index (χ2n) is 6.68. The molecule has 0 saturated heterocycles. The first-order chi connectivity index (χ1) is 14.4. The van der Waals surface area contributed by atoms with Crippen LogP contribution < -0.4 is 16.8 Å². The fourth-order valence-corrected chi connectivity index (χ4v) is 4.90. The minimum atomic E-state index is -0.366. The van der Waals surface area contributed by atoms with Crippen LogP contribution in [0.2, 0.25) is 0 Å². The summed E-state index contributed by atoms with van der Waals surface area (Å²) < 4.78 is 0. The molecule has 0 spiro atoms. The molecule has 0 aliphatic heterocycles. The van der Waals surface area contributed by atoms with Gasteiger partial charge in [-0.2, -0.15) is 5.26 Å². The molecule has 9 heteroatoms. The molecular weight excluding hydrogens is 416 g/mol. The number of anilines is 3. The van der Waals surface area contributed by atoms with E-state index in [0.29, 0.717) is 25.8 Å². The Morgan fingerprint density at radius 3 is 2.57 bits per heavy atom. The number of aryl methyl sites for hydroxylation is 2. The number of fused-ring (bicyclic) bond motifs is 1. The molecule has 1 amide bonds. The third-order valence-electron chi connectivity index (χ3n) is 4.71. The zero-order valence-corrected chi connectivity index (χ0v) is 17.9. The molecule has 0 unspecified atom stereocenters. The monoisotopic (exact) mass is 434 g/mol. The molecular formula is C21H18N6OS2. The molecule has 5 N–H and O–H groups in total. The van der Waals surface area contributed by atoms with E-state index in [-0.39, 0.29) is 23.0 Å². The summed E-state index contributed by atoms with van der Waals surface area (Å²) in [5.74, 6) is -0.252. The topological polar surface area (TPSA) is 131 Å². The number of hydrogen-bond donors (Lipinski definition) is 3. The molecule has 0 bridgehead atoms. The summed E-state index contributed by atoms with van der Waals surface area (Å²) in [7, 11) is 0. The number of amides is 1. The minimum Gasteiger partial charge on any atom is -0.397 e. The highest BCUT2D eigenvalue weighted by molar-refractivity contribution is 7.21. The molecule has 0 saturated carbocycles. The number of carbonyl (C=O) groups excluding carboxylic acids is 1. The van der Waals surface area contributed by atoms with E-state index in [0.717, 1.165) is 29.0 Å². The summed E-state index contributed by atoms with van der Waals surface area (Å²) in [5.41, 5.74) is 16.4. The van der Waals surface area contributed by atoms with Gasteiger partial charge in [0.25, 0.3) is 5.91 Å². The van der Waals surface area contributed by atoms with Crippen LogP contribution in [-0.2, 0) is 6.42 Å². The predicted octanol–water partition coefficient (Wildman–Crippen LogP) is 4.58. The van der Waals surface area contributed by atoms with Crippen molar-refractivity contribution in [3.8, 4) is 17.2 Å². The molecule has 4 aromatic rings. The van der Waals surface area contributed by atoms with E-state index in [1.54, 1.807) is 0 Å². The molecule has 3 aromatic heterocycles. The molecule has 4 rings (SSSR count). The number of nitriles is 1. The molecule has 30 heavy (non-hydrogen) atoms. The van der Waals surface area contributed by atoms with E-state index in [1.807, 2.05) is 36.6 Å². The van der Waals surface area contributed by atoms with Gasteiger partial charge in [0, 0.05) is 16.3 Å². The van der Waals surface area contributed by atoms with Gasteiger partial charge in [0.1, 0.15) is 27.2 Å². The Balaban J connectivity index is 1.89. The van der Waals surface area contributed by atoms with Crippen LogP contribution in [0.3, 0.4) is 0 Å². The van der Waals surface area contributed by atoms with Gasteiger partial charge in [-0.05, 0) is 24.5 Å². The number of aromatic nitrogens is 2. The number of thiophene rings is 1. The summed E-state index contributed by atoms with van der Waals surface area (Å²) in [6, 6.07) is 10.0. The summed E-state index contributed by atoms with van der Waals surface area (Å²) in [6.07, 6.45) is 0.903. The third-order valence-corrected chi connectivity index (χ3v) is 6.69. The first-order valence-electron chi connectivity index (χ1n) is 9.17. The number of carbonyl (C=O) groups is 1. The summed E-state index contributed by atoms with van der Waals surface area (Å²) in [6.45, 7) is 3.93. The van der Waals surface area contributed by atoms with Crippen molar-refractivity contribution < 1.29 is 4.79 Å². The van der Waals surface area contributed by atoms with Crippen LogP contribution in [0, 0.1) is 18.3 Å². The lowest BCUT2D eigenvalue weighted by Gasteiger charge is -2.10. The van der Waals surface area contributed by atoms with Gasteiger partial charge in [0.05, 0.1) is 11.4 Å². The lowest BCUT2D eigenvalue weighted by atomic mass is 9.96. The Labute approximate surface area is 181 Å². The SMILES string of the molecule is CCc1ccc(-c2c(C#N)c(N)nc3sc(C(=O)Nc4nc(C)cs4)c(N)c23)cc1. The van der Waals surface area contributed by atoms with Crippen molar-refractivity contribution in [3.63, 3.8) is 0 Å². The Bertz CT molecular complexity index is 1310. The van der Waals surface area contributed by atoms with Gasteiger partial charge >= 0.3 is 0 Å². The zero-order valence-electron chi connectivity index (χ0n) is 16.3. The highest BCUT2D eigenvalue weighted by Gasteiger charge is 2.24. The molecule has 0 aliphatic carbocycles. The number of nitrogens with two attached hydrogens (primary N) is 2. The van der Waals surface area contributed by atoms with Crippen LogP contribution in [0.25, 0.3) is 21.3 Å². The lowest BCUT2D eigenvalue weighted by Crippen LogP contribution is -2.11. The van der Waals surface area contributed by atoms with Crippen LogP contribution in [0.4, 0.5) is 16.6 Å². The van der Waals surface area contributed by atoms with Crippen molar-refractivity contribution in [2.45, 2.75) is 20.3 Å². The van der Waals surface area contributed by atoms with E-state index in [9.17, 15) is 10.1 Å². The Kier molecular flexibility index (Phi) is 5.11. The van der Waals surface area contributed by atoms with Gasteiger partial charge in [0.2, 0.25) is 0 Å². The van der Waals surface area contributed by atoms with E-state index >= 15 is 0 Å². The number of benzene rings is 1. The van der Waals surface area contributed by atoms with Crippen molar-refractivity contribution in [2.24, 2.45) is 0 Å². The quantitative estimate of drug-likeness (QED) is 0.431. The first kappa shape index (κ1) is 19.8. The van der Waals surface area contributed by atoms with E-state index in [4.69, 9.17) is 11.5 Å². The highest BCUT2D eigenvalue weighted by Crippen LogP contribution is 2.42. The van der Waals surface area contributed by atoms with Crippen molar-refractivity contribution in [1.82, 2.24) is 9.97 Å². The van der Waals surface area contributed by atoms with Gasteiger partial charge < -0.3 is 11.5 Å². The van der Waals surface area contributed by atoms with Crippen LogP contribution in [0.5, 0.6) is 0 Å². The van der Waals surface area contributed by atoms with Crippen LogP contribution in [0.15, 0.2) is 29.6 Å². The average Bonchev–Trinajstić information content (AvgIpc) is 3.29. The third kappa shape index (κ3) is 3.36. The smallest absolute Gasteiger partial charge is 0.269 e. The molecule has 1 aromatic carbocycles. The maximum Gasteiger partial charge on any atom is 0.269 e. The maximum absolute atomic E-state index is 12.8. The van der Waals surface area contributed by atoms with Crippen LogP contribution >= 0.6 is 22.7 Å². The molecule has 150 valence electrons. The Hall–Kier alpha value is -3.48. The van der Waals surface area contributed by atoms with Gasteiger partial charge in [-0.1, -0.05) is 31.2 Å². The highest BCUT2D eigenvalue weighted by atomic mass is 32.1. The summed E-state index contributed by atoms with van der Waals surface area (Å²) in [4.78, 5) is 22.3. The fraction of sp³-hybridized carbons (Fsp3) is 0.143. The van der Waals surface area contributed by atoms with Crippen molar-refractivity contribution in [3.05, 3.63) is 51.3 Å². The molecule has 0 atom stereocenters. The number of pyridine rings is 1. The number of hydrogen-bond acceptors (Lipinski definition) is 8. The number of nitrogen functional groups attached to an aromatic ring is 2. The normalized spacial score (nSPS) is 10.8. The second kappa shape index (κ2) is 7.74.